The second kappa shape index (κ2) is 5.99. The van der Waals surface area contributed by atoms with E-state index in [4.69, 9.17) is 5.73 Å². The van der Waals surface area contributed by atoms with Crippen LogP contribution in [0.2, 0.25) is 0 Å². The summed E-state index contributed by atoms with van der Waals surface area (Å²) in [6.07, 6.45) is 1.81. The summed E-state index contributed by atoms with van der Waals surface area (Å²) < 4.78 is 40.6. The van der Waals surface area contributed by atoms with Crippen molar-refractivity contribution in [1.82, 2.24) is 4.72 Å². The first-order valence-corrected chi connectivity index (χ1v) is 9.18. The number of anilines is 1. The molecule has 0 aliphatic carbocycles. The lowest BCUT2D eigenvalue weighted by atomic mass is 10.2. The number of hydrogen-bond acceptors (Lipinski definition) is 4. The van der Waals surface area contributed by atoms with E-state index in [0.29, 0.717) is 0 Å². The molecule has 0 saturated carbocycles. The Balaban J connectivity index is 2.26. The van der Waals surface area contributed by atoms with E-state index in [1.165, 1.54) is 0 Å². The van der Waals surface area contributed by atoms with E-state index in [-0.39, 0.29) is 21.1 Å². The number of sulfonamides is 1. The third-order valence-corrected chi connectivity index (χ3v) is 6.52. The average molecular weight is 369 g/mol. The second-order valence-corrected chi connectivity index (χ2v) is 8.03. The maximum atomic E-state index is 13.2. The quantitative estimate of drug-likeness (QED) is 0.803. The van der Waals surface area contributed by atoms with Crippen molar-refractivity contribution in [1.29, 1.82) is 0 Å². The molecule has 3 N–H and O–H groups in total. The van der Waals surface area contributed by atoms with Crippen molar-refractivity contribution >= 4 is 43.4 Å². The predicted octanol–water partition coefficient (Wildman–Crippen LogP) is 2.34. The number of nitrogens with two attached hydrogens (primary N) is 1. The van der Waals surface area contributed by atoms with Crippen LogP contribution >= 0.6 is 27.7 Å². The number of halogens is 2. The Hall–Kier alpha value is -0.310. The molecule has 1 aliphatic heterocycles. The first-order chi connectivity index (χ1) is 8.90. The van der Waals surface area contributed by atoms with E-state index in [2.05, 4.69) is 20.7 Å². The summed E-state index contributed by atoms with van der Waals surface area (Å²) in [5.74, 6) is 1.18. The van der Waals surface area contributed by atoms with Crippen LogP contribution in [0, 0.1) is 5.82 Å². The zero-order chi connectivity index (χ0) is 14.0. The molecule has 4 nitrogen and oxygen atoms in total. The van der Waals surface area contributed by atoms with E-state index in [0.717, 1.165) is 36.5 Å². The van der Waals surface area contributed by atoms with Gasteiger partial charge in [-0.15, -0.1) is 0 Å². The van der Waals surface area contributed by atoms with Gasteiger partial charge in [-0.25, -0.2) is 17.5 Å². The number of nitrogen functional groups attached to an aromatic ring is 1. The number of thioether (sulfide) groups is 1. The molecule has 19 heavy (non-hydrogen) atoms. The fourth-order valence-corrected chi connectivity index (χ4v) is 5.36. The first kappa shape index (κ1) is 15.1. The Bertz CT molecular complexity index is 574. The lowest BCUT2D eigenvalue weighted by Gasteiger charge is -2.22. The summed E-state index contributed by atoms with van der Waals surface area (Å²) in [6.45, 7) is 0. The van der Waals surface area contributed by atoms with Crippen LogP contribution in [0.1, 0.15) is 12.8 Å². The van der Waals surface area contributed by atoms with Crippen LogP contribution in [0.4, 0.5) is 10.1 Å². The standard InChI is InChI=1S/C11H14BrFN2O2S2/c12-8-4-9(13)10(14)5-11(8)19(16,17)15-7-2-1-3-18-6-7/h4-5,7,15H,1-3,6,14H2. The van der Waals surface area contributed by atoms with Gasteiger partial charge in [0.25, 0.3) is 0 Å². The summed E-state index contributed by atoms with van der Waals surface area (Å²) in [7, 11) is -3.69. The summed E-state index contributed by atoms with van der Waals surface area (Å²) in [6, 6.07) is 2.12. The summed E-state index contributed by atoms with van der Waals surface area (Å²) in [5.41, 5.74) is 5.25. The molecule has 1 unspecified atom stereocenters. The Kier molecular flexibility index (Phi) is 4.75. The fraction of sp³-hybridized carbons (Fsp3) is 0.455. The number of hydrogen-bond donors (Lipinski definition) is 2. The summed E-state index contributed by atoms with van der Waals surface area (Å²) >= 11 is 4.79. The third-order valence-electron chi connectivity index (χ3n) is 2.82. The van der Waals surface area contributed by atoms with Crippen molar-refractivity contribution in [2.24, 2.45) is 0 Å². The molecule has 0 radical (unpaired) electrons. The molecule has 1 atom stereocenters. The molecule has 1 aromatic carbocycles. The average Bonchev–Trinajstić information content (AvgIpc) is 2.34. The van der Waals surface area contributed by atoms with Gasteiger partial charge in [-0.3, -0.25) is 0 Å². The van der Waals surface area contributed by atoms with Gasteiger partial charge in [-0.05, 0) is 46.7 Å². The highest BCUT2D eigenvalue weighted by atomic mass is 79.9. The number of nitrogens with one attached hydrogen (secondary N) is 1. The molecule has 2 rings (SSSR count). The van der Waals surface area contributed by atoms with Gasteiger partial charge in [-0.1, -0.05) is 0 Å². The van der Waals surface area contributed by atoms with Crippen molar-refractivity contribution in [3.05, 3.63) is 22.4 Å². The molecule has 1 saturated heterocycles. The van der Waals surface area contributed by atoms with Crippen molar-refractivity contribution in [3.63, 3.8) is 0 Å². The van der Waals surface area contributed by atoms with Crippen LogP contribution < -0.4 is 10.5 Å². The fourth-order valence-electron chi connectivity index (χ4n) is 1.87. The third kappa shape index (κ3) is 3.62. The van der Waals surface area contributed by atoms with E-state index >= 15 is 0 Å². The van der Waals surface area contributed by atoms with Crippen molar-refractivity contribution in [2.75, 3.05) is 17.2 Å². The topological polar surface area (TPSA) is 72.2 Å². The van der Waals surface area contributed by atoms with Crippen LogP contribution in [0.3, 0.4) is 0 Å². The Labute approximate surface area is 124 Å². The van der Waals surface area contributed by atoms with Gasteiger partial charge in [0.15, 0.2) is 0 Å². The van der Waals surface area contributed by atoms with E-state index in [1.54, 1.807) is 11.8 Å². The molecule has 1 aromatic rings. The molecule has 1 aliphatic rings. The van der Waals surface area contributed by atoms with E-state index < -0.39 is 15.8 Å². The van der Waals surface area contributed by atoms with Gasteiger partial charge in [0, 0.05) is 16.3 Å². The van der Waals surface area contributed by atoms with Crippen molar-refractivity contribution < 1.29 is 12.8 Å². The van der Waals surface area contributed by atoms with Crippen LogP contribution in [0.5, 0.6) is 0 Å². The first-order valence-electron chi connectivity index (χ1n) is 5.75. The van der Waals surface area contributed by atoms with Crippen molar-refractivity contribution in [2.45, 2.75) is 23.8 Å². The normalized spacial score (nSPS) is 20.4. The zero-order valence-electron chi connectivity index (χ0n) is 10.0. The van der Waals surface area contributed by atoms with E-state index in [1.807, 2.05) is 0 Å². The molecule has 0 bridgehead atoms. The highest BCUT2D eigenvalue weighted by Gasteiger charge is 2.24. The van der Waals surface area contributed by atoms with Crippen LogP contribution in [-0.2, 0) is 10.0 Å². The smallest absolute Gasteiger partial charge is 0.242 e. The van der Waals surface area contributed by atoms with Crippen LogP contribution in [-0.4, -0.2) is 26.0 Å². The zero-order valence-corrected chi connectivity index (χ0v) is 13.2. The van der Waals surface area contributed by atoms with Gasteiger partial charge in [0.1, 0.15) is 5.82 Å². The van der Waals surface area contributed by atoms with Gasteiger partial charge in [0.05, 0.1) is 10.6 Å². The Morgan fingerprint density at radius 2 is 2.21 bits per heavy atom. The summed E-state index contributed by atoms with van der Waals surface area (Å²) in [4.78, 5) is -0.0260. The molecule has 1 heterocycles. The molecule has 0 aromatic heterocycles. The minimum atomic E-state index is -3.69. The summed E-state index contributed by atoms with van der Waals surface area (Å²) in [5, 5.41) is 0. The molecule has 8 heteroatoms. The van der Waals surface area contributed by atoms with Gasteiger partial charge in [-0.2, -0.15) is 11.8 Å². The largest absolute Gasteiger partial charge is 0.396 e. The highest BCUT2D eigenvalue weighted by Crippen LogP contribution is 2.27. The second-order valence-electron chi connectivity index (χ2n) is 4.34. The van der Waals surface area contributed by atoms with Gasteiger partial charge >= 0.3 is 0 Å². The van der Waals surface area contributed by atoms with Gasteiger partial charge < -0.3 is 5.73 Å². The maximum Gasteiger partial charge on any atom is 0.242 e. The van der Waals surface area contributed by atoms with E-state index in [9.17, 15) is 12.8 Å². The van der Waals surface area contributed by atoms with Gasteiger partial charge in [0.2, 0.25) is 10.0 Å². The molecule has 0 amide bonds. The van der Waals surface area contributed by atoms with Crippen LogP contribution in [0.25, 0.3) is 0 Å². The number of rotatable bonds is 3. The highest BCUT2D eigenvalue weighted by molar-refractivity contribution is 9.10. The monoisotopic (exact) mass is 368 g/mol. The Morgan fingerprint density at radius 3 is 2.84 bits per heavy atom. The predicted molar refractivity (Wildman–Crippen MR) is 79.2 cm³/mol. The minimum Gasteiger partial charge on any atom is -0.396 e. The lowest BCUT2D eigenvalue weighted by molar-refractivity contribution is 0.542. The SMILES string of the molecule is Nc1cc(S(=O)(=O)NC2CCCSC2)c(Br)cc1F. The maximum absolute atomic E-state index is 13.2. The minimum absolute atomic E-state index is 0.0260. The molecule has 1 fully saturated rings. The molecule has 106 valence electrons. The number of benzene rings is 1. The van der Waals surface area contributed by atoms with Crippen molar-refractivity contribution in [3.8, 4) is 0 Å². The molecular formula is C11H14BrFN2O2S2. The Morgan fingerprint density at radius 1 is 1.47 bits per heavy atom. The van der Waals surface area contributed by atoms with Crippen LogP contribution in [0.15, 0.2) is 21.5 Å². The lowest BCUT2D eigenvalue weighted by Crippen LogP contribution is -2.38. The molecular weight excluding hydrogens is 355 g/mol. The molecule has 0 spiro atoms.